The highest BCUT2D eigenvalue weighted by molar-refractivity contribution is 5.97. The maximum absolute atomic E-state index is 12.2. The summed E-state index contributed by atoms with van der Waals surface area (Å²) in [5.41, 5.74) is 2.06. The summed E-state index contributed by atoms with van der Waals surface area (Å²) in [6.45, 7) is 2.69. The first kappa shape index (κ1) is 13.2. The van der Waals surface area contributed by atoms with Crippen LogP contribution in [0.2, 0.25) is 0 Å². The second kappa shape index (κ2) is 5.27. The average molecular weight is 272 g/mol. The van der Waals surface area contributed by atoms with Crippen molar-refractivity contribution in [3.63, 3.8) is 0 Å². The van der Waals surface area contributed by atoms with Gasteiger partial charge in [0.1, 0.15) is 0 Å². The Hall–Kier alpha value is -1.84. The molecule has 1 aliphatic heterocycles. The number of nitrogens with zero attached hydrogens (tertiary/aromatic N) is 1. The topological polar surface area (TPSA) is 49.4 Å². The van der Waals surface area contributed by atoms with Crippen LogP contribution in [0.3, 0.4) is 0 Å². The maximum atomic E-state index is 12.2. The number of nitrogens with one attached hydrogen (secondary N) is 1. The number of rotatable bonds is 4. The first-order valence-corrected chi connectivity index (χ1v) is 7.36. The molecule has 1 aromatic carbocycles. The van der Waals surface area contributed by atoms with Gasteiger partial charge in [0, 0.05) is 24.7 Å². The van der Waals surface area contributed by atoms with Gasteiger partial charge in [-0.1, -0.05) is 19.1 Å². The van der Waals surface area contributed by atoms with Crippen LogP contribution in [0.4, 0.5) is 5.69 Å². The molecule has 0 bridgehead atoms. The summed E-state index contributed by atoms with van der Waals surface area (Å²) < 4.78 is 0. The van der Waals surface area contributed by atoms with Crippen LogP contribution in [0, 0.1) is 5.92 Å². The molecule has 3 rings (SSSR count). The highest BCUT2D eigenvalue weighted by Crippen LogP contribution is 2.32. The highest BCUT2D eigenvalue weighted by atomic mass is 16.2. The SMILES string of the molecule is CCc1ccc(NC(=O)C2CC(=O)N(C3CC3)C2)cc1. The maximum Gasteiger partial charge on any atom is 0.229 e. The first-order chi connectivity index (χ1) is 9.67. The summed E-state index contributed by atoms with van der Waals surface area (Å²) >= 11 is 0. The van der Waals surface area contributed by atoms with Gasteiger partial charge in [-0.25, -0.2) is 0 Å². The predicted octanol–water partition coefficient (Wildman–Crippen LogP) is 2.20. The van der Waals surface area contributed by atoms with Crippen molar-refractivity contribution in [2.45, 2.75) is 38.6 Å². The van der Waals surface area contributed by atoms with E-state index in [1.165, 1.54) is 5.56 Å². The van der Waals surface area contributed by atoms with E-state index in [2.05, 4.69) is 12.2 Å². The Kier molecular flexibility index (Phi) is 3.47. The predicted molar refractivity (Wildman–Crippen MR) is 77.3 cm³/mol. The molecule has 1 unspecified atom stereocenters. The summed E-state index contributed by atoms with van der Waals surface area (Å²) in [6.07, 6.45) is 3.54. The van der Waals surface area contributed by atoms with Crippen molar-refractivity contribution in [2.24, 2.45) is 5.92 Å². The molecule has 2 aliphatic rings. The molecule has 1 heterocycles. The van der Waals surface area contributed by atoms with Crippen LogP contribution in [0.5, 0.6) is 0 Å². The number of aryl methyl sites for hydroxylation is 1. The summed E-state index contributed by atoms with van der Waals surface area (Å²) in [5.74, 6) is -0.103. The summed E-state index contributed by atoms with van der Waals surface area (Å²) in [7, 11) is 0. The normalized spacial score (nSPS) is 22.1. The van der Waals surface area contributed by atoms with Gasteiger partial charge in [-0.2, -0.15) is 0 Å². The van der Waals surface area contributed by atoms with Crippen molar-refractivity contribution >= 4 is 17.5 Å². The van der Waals surface area contributed by atoms with E-state index < -0.39 is 0 Å². The van der Waals surface area contributed by atoms with E-state index in [-0.39, 0.29) is 17.7 Å². The van der Waals surface area contributed by atoms with Crippen molar-refractivity contribution in [1.29, 1.82) is 0 Å². The largest absolute Gasteiger partial charge is 0.339 e. The molecule has 1 aliphatic carbocycles. The molecule has 4 nitrogen and oxygen atoms in total. The van der Waals surface area contributed by atoms with Crippen LogP contribution in [0.15, 0.2) is 24.3 Å². The molecule has 1 atom stereocenters. The number of hydrogen-bond acceptors (Lipinski definition) is 2. The van der Waals surface area contributed by atoms with Crippen LogP contribution in [-0.4, -0.2) is 29.3 Å². The van der Waals surface area contributed by atoms with Gasteiger partial charge in [0.25, 0.3) is 0 Å². The van der Waals surface area contributed by atoms with E-state index in [4.69, 9.17) is 0 Å². The number of hydrogen-bond donors (Lipinski definition) is 1. The van der Waals surface area contributed by atoms with Crippen LogP contribution in [-0.2, 0) is 16.0 Å². The first-order valence-electron chi connectivity index (χ1n) is 7.36. The standard InChI is InChI=1S/C16H20N2O2/c1-2-11-3-5-13(6-4-11)17-16(20)12-9-15(19)18(10-12)14-7-8-14/h3-6,12,14H,2,7-10H2,1H3,(H,17,20). The quantitative estimate of drug-likeness (QED) is 0.913. The average Bonchev–Trinajstić information content (AvgIpc) is 3.22. The van der Waals surface area contributed by atoms with Gasteiger partial charge in [-0.05, 0) is 37.0 Å². The fourth-order valence-corrected chi connectivity index (χ4v) is 2.71. The minimum atomic E-state index is -0.200. The number of amides is 2. The van der Waals surface area contributed by atoms with Crippen LogP contribution < -0.4 is 5.32 Å². The molecule has 1 saturated carbocycles. The Balaban J connectivity index is 1.60. The van der Waals surface area contributed by atoms with Crippen LogP contribution in [0.25, 0.3) is 0 Å². The Morgan fingerprint density at radius 2 is 2.00 bits per heavy atom. The second-order valence-corrected chi connectivity index (χ2v) is 5.72. The lowest BCUT2D eigenvalue weighted by Crippen LogP contribution is -2.29. The summed E-state index contributed by atoms with van der Waals surface area (Å²) in [4.78, 5) is 25.9. The number of benzene rings is 1. The van der Waals surface area contributed by atoms with E-state index in [9.17, 15) is 9.59 Å². The summed E-state index contributed by atoms with van der Waals surface area (Å²) in [6, 6.07) is 8.29. The number of anilines is 1. The van der Waals surface area contributed by atoms with Crippen molar-refractivity contribution < 1.29 is 9.59 Å². The third-order valence-electron chi connectivity index (χ3n) is 4.15. The molecule has 2 fully saturated rings. The van der Waals surface area contributed by atoms with E-state index in [0.29, 0.717) is 19.0 Å². The van der Waals surface area contributed by atoms with Crippen molar-refractivity contribution in [1.82, 2.24) is 4.90 Å². The second-order valence-electron chi connectivity index (χ2n) is 5.72. The van der Waals surface area contributed by atoms with Gasteiger partial charge < -0.3 is 10.2 Å². The Labute approximate surface area is 119 Å². The summed E-state index contributed by atoms with van der Waals surface area (Å²) in [5, 5.41) is 2.92. The van der Waals surface area contributed by atoms with Gasteiger partial charge in [-0.15, -0.1) is 0 Å². The molecular formula is C16H20N2O2. The molecule has 1 N–H and O–H groups in total. The Morgan fingerprint density at radius 1 is 1.30 bits per heavy atom. The zero-order valence-electron chi connectivity index (χ0n) is 11.8. The van der Waals surface area contributed by atoms with Gasteiger partial charge in [-0.3, -0.25) is 9.59 Å². The lowest BCUT2D eigenvalue weighted by molar-refractivity contribution is -0.128. The zero-order chi connectivity index (χ0) is 14.1. The smallest absolute Gasteiger partial charge is 0.229 e. The third kappa shape index (κ3) is 2.69. The molecule has 106 valence electrons. The fourth-order valence-electron chi connectivity index (χ4n) is 2.71. The van der Waals surface area contributed by atoms with E-state index in [0.717, 1.165) is 24.9 Å². The highest BCUT2D eigenvalue weighted by Gasteiger charge is 2.41. The molecule has 4 heteroatoms. The number of carbonyl (C=O) groups is 2. The van der Waals surface area contributed by atoms with E-state index >= 15 is 0 Å². The molecule has 1 aromatic rings. The number of carbonyl (C=O) groups excluding carboxylic acids is 2. The van der Waals surface area contributed by atoms with Gasteiger partial charge in [0.2, 0.25) is 11.8 Å². The van der Waals surface area contributed by atoms with Gasteiger partial charge >= 0.3 is 0 Å². The molecule has 1 saturated heterocycles. The molecule has 2 amide bonds. The minimum absolute atomic E-state index is 0.0363. The van der Waals surface area contributed by atoms with E-state index in [1.807, 2.05) is 29.2 Å². The fraction of sp³-hybridized carbons (Fsp3) is 0.500. The molecule has 20 heavy (non-hydrogen) atoms. The van der Waals surface area contributed by atoms with Crippen LogP contribution in [0.1, 0.15) is 31.7 Å². The zero-order valence-corrected chi connectivity index (χ0v) is 11.8. The van der Waals surface area contributed by atoms with Crippen molar-refractivity contribution in [2.75, 3.05) is 11.9 Å². The van der Waals surface area contributed by atoms with E-state index in [1.54, 1.807) is 0 Å². The Bertz CT molecular complexity index is 520. The monoisotopic (exact) mass is 272 g/mol. The van der Waals surface area contributed by atoms with Crippen molar-refractivity contribution in [3.8, 4) is 0 Å². The Morgan fingerprint density at radius 3 is 2.60 bits per heavy atom. The molecule has 0 spiro atoms. The van der Waals surface area contributed by atoms with Crippen LogP contribution >= 0.6 is 0 Å². The third-order valence-corrected chi connectivity index (χ3v) is 4.15. The lowest BCUT2D eigenvalue weighted by Gasteiger charge is -2.15. The van der Waals surface area contributed by atoms with Gasteiger partial charge in [0.05, 0.1) is 5.92 Å². The molecular weight excluding hydrogens is 252 g/mol. The minimum Gasteiger partial charge on any atom is -0.339 e. The van der Waals surface area contributed by atoms with Crippen molar-refractivity contribution in [3.05, 3.63) is 29.8 Å². The lowest BCUT2D eigenvalue weighted by atomic mass is 10.1. The number of likely N-dealkylation sites (tertiary alicyclic amines) is 1. The van der Waals surface area contributed by atoms with Gasteiger partial charge in [0.15, 0.2) is 0 Å². The molecule has 0 aromatic heterocycles. The molecule has 0 radical (unpaired) electrons.